The fourth-order valence-electron chi connectivity index (χ4n) is 3.56. The first-order chi connectivity index (χ1) is 13.0. The molecule has 2 unspecified atom stereocenters. The van der Waals surface area contributed by atoms with Gasteiger partial charge in [0, 0.05) is 30.0 Å². The van der Waals surface area contributed by atoms with E-state index in [0.29, 0.717) is 17.2 Å². The monoisotopic (exact) mass is 365 g/mol. The standard InChI is InChI=1S/C22H27N3O2/c1-16-9-6-7-14-20(16)24-22(27)23-18-11-8-10-17(15-18)21(26)25(2)19-12-4-3-5-13-19/h3-5,8,10-13,15-16,20H,6-7,9,14H2,1-2H3,(H2,23,24,27). The van der Waals surface area contributed by atoms with Crippen LogP contribution in [0.25, 0.3) is 0 Å². The highest BCUT2D eigenvalue weighted by molar-refractivity contribution is 6.06. The van der Waals surface area contributed by atoms with Crippen LogP contribution in [0.1, 0.15) is 43.0 Å². The zero-order valence-corrected chi connectivity index (χ0v) is 15.9. The normalized spacial score (nSPS) is 19.2. The van der Waals surface area contributed by atoms with Crippen LogP contribution in [0.3, 0.4) is 0 Å². The molecule has 2 atom stereocenters. The van der Waals surface area contributed by atoms with Gasteiger partial charge in [-0.15, -0.1) is 0 Å². The molecule has 1 fully saturated rings. The summed E-state index contributed by atoms with van der Waals surface area (Å²) in [7, 11) is 1.74. The largest absolute Gasteiger partial charge is 0.335 e. The smallest absolute Gasteiger partial charge is 0.319 e. The van der Waals surface area contributed by atoms with E-state index in [2.05, 4.69) is 17.6 Å². The molecule has 5 heteroatoms. The van der Waals surface area contributed by atoms with Crippen molar-refractivity contribution in [2.75, 3.05) is 17.3 Å². The van der Waals surface area contributed by atoms with E-state index >= 15 is 0 Å². The summed E-state index contributed by atoms with van der Waals surface area (Å²) in [5.74, 6) is 0.378. The minimum Gasteiger partial charge on any atom is -0.335 e. The number of amides is 3. The molecule has 0 saturated heterocycles. The molecule has 1 saturated carbocycles. The zero-order chi connectivity index (χ0) is 19.2. The minimum absolute atomic E-state index is 0.119. The van der Waals surface area contributed by atoms with Crippen molar-refractivity contribution in [3.63, 3.8) is 0 Å². The van der Waals surface area contributed by atoms with Gasteiger partial charge in [0.15, 0.2) is 0 Å². The van der Waals surface area contributed by atoms with E-state index in [-0.39, 0.29) is 18.0 Å². The number of carbonyl (C=O) groups excluding carboxylic acids is 2. The van der Waals surface area contributed by atoms with E-state index < -0.39 is 0 Å². The zero-order valence-electron chi connectivity index (χ0n) is 15.9. The average Bonchev–Trinajstić information content (AvgIpc) is 2.69. The summed E-state index contributed by atoms with van der Waals surface area (Å²) >= 11 is 0. The van der Waals surface area contributed by atoms with Crippen LogP contribution >= 0.6 is 0 Å². The molecule has 0 aliphatic heterocycles. The van der Waals surface area contributed by atoms with Crippen LogP contribution in [0.4, 0.5) is 16.2 Å². The summed E-state index contributed by atoms with van der Waals surface area (Å²) in [6.07, 6.45) is 4.57. The predicted octanol–water partition coefficient (Wildman–Crippen LogP) is 4.66. The van der Waals surface area contributed by atoms with E-state index in [1.807, 2.05) is 30.3 Å². The first-order valence-electron chi connectivity index (χ1n) is 9.55. The summed E-state index contributed by atoms with van der Waals surface area (Å²) in [6, 6.07) is 16.5. The number of nitrogens with one attached hydrogen (secondary N) is 2. The molecule has 2 N–H and O–H groups in total. The molecule has 0 spiro atoms. The Hall–Kier alpha value is -2.82. The molecule has 3 amide bonds. The van der Waals surface area contributed by atoms with Gasteiger partial charge in [0.25, 0.3) is 5.91 Å². The maximum Gasteiger partial charge on any atom is 0.319 e. The Bertz CT molecular complexity index is 791. The Balaban J connectivity index is 1.64. The molecule has 2 aromatic rings. The number of para-hydroxylation sites is 1. The average molecular weight is 365 g/mol. The number of benzene rings is 2. The molecule has 1 aliphatic carbocycles. The molecule has 5 nitrogen and oxygen atoms in total. The Morgan fingerprint density at radius 3 is 2.48 bits per heavy atom. The highest BCUT2D eigenvalue weighted by atomic mass is 16.2. The molecule has 27 heavy (non-hydrogen) atoms. The van der Waals surface area contributed by atoms with Crippen LogP contribution < -0.4 is 15.5 Å². The van der Waals surface area contributed by atoms with Crippen molar-refractivity contribution < 1.29 is 9.59 Å². The number of nitrogens with zero attached hydrogens (tertiary/aromatic N) is 1. The van der Waals surface area contributed by atoms with Crippen LogP contribution in [-0.2, 0) is 0 Å². The van der Waals surface area contributed by atoms with Gasteiger partial charge in [-0.05, 0) is 49.1 Å². The Morgan fingerprint density at radius 2 is 1.74 bits per heavy atom. The van der Waals surface area contributed by atoms with Crippen LogP contribution in [0.15, 0.2) is 54.6 Å². The summed E-state index contributed by atoms with van der Waals surface area (Å²) in [5, 5.41) is 5.93. The van der Waals surface area contributed by atoms with E-state index in [0.717, 1.165) is 24.9 Å². The lowest BCUT2D eigenvalue weighted by atomic mass is 9.86. The van der Waals surface area contributed by atoms with Crippen molar-refractivity contribution in [2.45, 2.75) is 38.6 Å². The highest BCUT2D eigenvalue weighted by Crippen LogP contribution is 2.24. The number of hydrogen-bond donors (Lipinski definition) is 2. The van der Waals surface area contributed by atoms with Crippen molar-refractivity contribution in [2.24, 2.45) is 5.92 Å². The second-order valence-electron chi connectivity index (χ2n) is 7.25. The first-order valence-corrected chi connectivity index (χ1v) is 9.55. The van der Waals surface area contributed by atoms with Crippen LogP contribution in [0.2, 0.25) is 0 Å². The van der Waals surface area contributed by atoms with Gasteiger partial charge in [-0.2, -0.15) is 0 Å². The van der Waals surface area contributed by atoms with Gasteiger partial charge >= 0.3 is 6.03 Å². The third-order valence-electron chi connectivity index (χ3n) is 5.24. The molecule has 2 aromatic carbocycles. The van der Waals surface area contributed by atoms with Crippen LogP contribution in [0, 0.1) is 5.92 Å². The molecular formula is C22H27N3O2. The first kappa shape index (κ1) is 19.0. The lowest BCUT2D eigenvalue weighted by Gasteiger charge is -2.29. The summed E-state index contributed by atoms with van der Waals surface area (Å²) in [5.41, 5.74) is 1.97. The summed E-state index contributed by atoms with van der Waals surface area (Å²) in [4.78, 5) is 26.7. The van der Waals surface area contributed by atoms with Crippen LogP contribution in [-0.4, -0.2) is 25.0 Å². The van der Waals surface area contributed by atoms with E-state index in [1.165, 1.54) is 6.42 Å². The lowest BCUT2D eigenvalue weighted by molar-refractivity contribution is 0.0993. The van der Waals surface area contributed by atoms with Gasteiger partial charge in [-0.3, -0.25) is 4.79 Å². The van der Waals surface area contributed by atoms with Crippen molar-refractivity contribution in [1.82, 2.24) is 5.32 Å². The molecule has 0 aromatic heterocycles. The fourth-order valence-corrected chi connectivity index (χ4v) is 3.56. The number of urea groups is 1. The van der Waals surface area contributed by atoms with Crippen molar-refractivity contribution in [3.8, 4) is 0 Å². The van der Waals surface area contributed by atoms with Crippen molar-refractivity contribution in [1.29, 1.82) is 0 Å². The van der Waals surface area contributed by atoms with Gasteiger partial charge in [0.05, 0.1) is 0 Å². The van der Waals surface area contributed by atoms with Gasteiger partial charge < -0.3 is 15.5 Å². The maximum atomic E-state index is 12.7. The predicted molar refractivity (Wildman–Crippen MR) is 109 cm³/mol. The molecule has 0 radical (unpaired) electrons. The SMILES string of the molecule is CC1CCCCC1NC(=O)Nc1cccc(C(=O)N(C)c2ccccc2)c1. The second kappa shape index (κ2) is 8.71. The number of carbonyl (C=O) groups is 2. The van der Waals surface area contributed by atoms with Gasteiger partial charge in [0.2, 0.25) is 0 Å². The van der Waals surface area contributed by atoms with E-state index in [1.54, 1.807) is 36.2 Å². The second-order valence-corrected chi connectivity index (χ2v) is 7.25. The Kier molecular flexibility index (Phi) is 6.12. The minimum atomic E-state index is -0.213. The summed E-state index contributed by atoms with van der Waals surface area (Å²) in [6.45, 7) is 2.18. The van der Waals surface area contributed by atoms with Crippen molar-refractivity contribution in [3.05, 3.63) is 60.2 Å². The molecule has 0 bridgehead atoms. The quantitative estimate of drug-likeness (QED) is 0.827. The van der Waals surface area contributed by atoms with Gasteiger partial charge in [-0.25, -0.2) is 4.79 Å². The number of rotatable bonds is 4. The third-order valence-corrected chi connectivity index (χ3v) is 5.24. The van der Waals surface area contributed by atoms with Crippen LogP contribution in [0.5, 0.6) is 0 Å². The molecule has 1 aliphatic rings. The third kappa shape index (κ3) is 4.88. The van der Waals surface area contributed by atoms with Crippen molar-refractivity contribution >= 4 is 23.3 Å². The Labute approximate surface area is 160 Å². The molecular weight excluding hydrogens is 338 g/mol. The molecule has 0 heterocycles. The topological polar surface area (TPSA) is 61.4 Å². The van der Waals surface area contributed by atoms with E-state index in [9.17, 15) is 9.59 Å². The van der Waals surface area contributed by atoms with Gasteiger partial charge in [0.1, 0.15) is 0 Å². The maximum absolute atomic E-state index is 12.7. The van der Waals surface area contributed by atoms with E-state index in [4.69, 9.17) is 0 Å². The van der Waals surface area contributed by atoms with Gasteiger partial charge in [-0.1, -0.05) is 44.0 Å². The fraction of sp³-hybridized carbons (Fsp3) is 0.364. The number of hydrogen-bond acceptors (Lipinski definition) is 2. The Morgan fingerprint density at radius 1 is 1.00 bits per heavy atom. The number of anilines is 2. The molecule has 142 valence electrons. The summed E-state index contributed by atoms with van der Waals surface area (Å²) < 4.78 is 0. The lowest BCUT2D eigenvalue weighted by Crippen LogP contribution is -2.43. The molecule has 3 rings (SSSR count). The highest BCUT2D eigenvalue weighted by Gasteiger charge is 2.23.